The number of carbonyl (C=O) groups is 1. The molecular weight excluding hydrogens is 308 g/mol. The fourth-order valence-corrected chi connectivity index (χ4v) is 3.32. The van der Waals surface area contributed by atoms with Crippen LogP contribution in [0.15, 0.2) is 4.99 Å². The van der Waals surface area contributed by atoms with Crippen LogP contribution in [0.25, 0.3) is 0 Å². The van der Waals surface area contributed by atoms with Crippen molar-refractivity contribution in [1.29, 1.82) is 0 Å². The van der Waals surface area contributed by atoms with E-state index < -0.39 is 6.04 Å². The molecule has 3 nitrogen and oxygen atoms in total. The van der Waals surface area contributed by atoms with Gasteiger partial charge in [-0.05, 0) is 19.8 Å². The predicted octanol–water partition coefficient (Wildman–Crippen LogP) is 6.24. The van der Waals surface area contributed by atoms with Gasteiger partial charge in [0.15, 0.2) is 5.78 Å². The molecule has 0 radical (unpaired) electrons. The molecule has 0 fully saturated rings. The first-order valence-corrected chi connectivity index (χ1v) is 10.8. The van der Waals surface area contributed by atoms with Crippen LogP contribution < -0.4 is 5.73 Å². The third-order valence-corrected chi connectivity index (χ3v) is 5.12. The minimum Gasteiger partial charge on any atom is -0.317 e. The third-order valence-electron chi connectivity index (χ3n) is 5.12. The second-order valence-corrected chi connectivity index (χ2v) is 7.50. The number of nitrogens with two attached hydrogens (primary N) is 1. The van der Waals surface area contributed by atoms with Crippen LogP contribution >= 0.6 is 0 Å². The van der Waals surface area contributed by atoms with E-state index in [-0.39, 0.29) is 5.78 Å². The second kappa shape index (κ2) is 18.1. The molecule has 0 saturated carbocycles. The Balaban J connectivity index is 3.30. The SMILES string of the molecule is CCCCCCCCCCCCCCCCCC(=NC)C(N)C(C)=O. The van der Waals surface area contributed by atoms with E-state index in [1.807, 2.05) is 0 Å². The lowest BCUT2D eigenvalue weighted by Gasteiger charge is -2.11. The Morgan fingerprint density at radius 2 is 1.12 bits per heavy atom. The van der Waals surface area contributed by atoms with Gasteiger partial charge in [0, 0.05) is 12.8 Å². The highest BCUT2D eigenvalue weighted by atomic mass is 16.1. The molecule has 2 N–H and O–H groups in total. The molecule has 0 spiro atoms. The van der Waals surface area contributed by atoms with Gasteiger partial charge in [-0.2, -0.15) is 0 Å². The molecule has 0 aromatic rings. The van der Waals surface area contributed by atoms with Crippen LogP contribution in [-0.4, -0.2) is 24.6 Å². The standard InChI is InChI=1S/C22H44N2O/c1-4-5-6-7-8-9-10-11-12-13-14-15-16-17-18-19-21(24-3)22(23)20(2)25/h22H,4-19,23H2,1-3H3. The van der Waals surface area contributed by atoms with Crippen LogP contribution in [-0.2, 0) is 4.79 Å². The lowest BCUT2D eigenvalue weighted by atomic mass is 10.0. The molecule has 0 aromatic heterocycles. The van der Waals surface area contributed by atoms with Gasteiger partial charge in [-0.15, -0.1) is 0 Å². The van der Waals surface area contributed by atoms with Gasteiger partial charge in [-0.25, -0.2) is 0 Å². The first-order valence-electron chi connectivity index (χ1n) is 10.8. The van der Waals surface area contributed by atoms with Gasteiger partial charge in [-0.3, -0.25) is 9.79 Å². The number of hydrogen-bond donors (Lipinski definition) is 1. The Hall–Kier alpha value is -0.700. The average molecular weight is 353 g/mol. The molecule has 0 amide bonds. The van der Waals surface area contributed by atoms with Crippen LogP contribution in [0.1, 0.15) is 117 Å². The third kappa shape index (κ3) is 15.3. The van der Waals surface area contributed by atoms with Crippen LogP contribution in [0.4, 0.5) is 0 Å². The molecular formula is C22H44N2O. The highest BCUT2D eigenvalue weighted by Gasteiger charge is 2.14. The lowest BCUT2D eigenvalue weighted by molar-refractivity contribution is -0.116. The van der Waals surface area contributed by atoms with Gasteiger partial charge in [0.1, 0.15) is 6.04 Å². The van der Waals surface area contributed by atoms with Gasteiger partial charge in [-0.1, -0.05) is 96.8 Å². The summed E-state index contributed by atoms with van der Waals surface area (Å²) in [5, 5.41) is 0. The number of unbranched alkanes of at least 4 members (excludes halogenated alkanes) is 14. The monoisotopic (exact) mass is 352 g/mol. The summed E-state index contributed by atoms with van der Waals surface area (Å²) in [7, 11) is 1.74. The molecule has 0 aromatic carbocycles. The summed E-state index contributed by atoms with van der Waals surface area (Å²) in [5.74, 6) is 0.0153. The second-order valence-electron chi connectivity index (χ2n) is 7.50. The first kappa shape index (κ1) is 24.3. The Labute approximate surface area is 157 Å². The molecule has 0 bridgehead atoms. The topological polar surface area (TPSA) is 55.4 Å². The van der Waals surface area contributed by atoms with E-state index in [4.69, 9.17) is 5.73 Å². The summed E-state index contributed by atoms with van der Waals surface area (Å²) in [6, 6.07) is -0.489. The summed E-state index contributed by atoms with van der Waals surface area (Å²) >= 11 is 0. The predicted molar refractivity (Wildman–Crippen MR) is 112 cm³/mol. The number of carbonyl (C=O) groups excluding carboxylic acids is 1. The molecule has 0 aliphatic carbocycles. The van der Waals surface area contributed by atoms with E-state index in [2.05, 4.69) is 11.9 Å². The average Bonchev–Trinajstić information content (AvgIpc) is 2.61. The van der Waals surface area contributed by atoms with Crippen molar-refractivity contribution in [2.75, 3.05) is 7.05 Å². The van der Waals surface area contributed by atoms with Crippen molar-refractivity contribution in [3.05, 3.63) is 0 Å². The van der Waals surface area contributed by atoms with Gasteiger partial charge >= 0.3 is 0 Å². The number of Topliss-reactive ketones (excluding diaryl/α,β-unsaturated/α-hetero) is 1. The molecule has 3 heteroatoms. The van der Waals surface area contributed by atoms with Crippen molar-refractivity contribution in [3.63, 3.8) is 0 Å². The zero-order valence-electron chi connectivity index (χ0n) is 17.3. The lowest BCUT2D eigenvalue weighted by Crippen LogP contribution is -2.37. The summed E-state index contributed by atoms with van der Waals surface area (Å²) < 4.78 is 0. The largest absolute Gasteiger partial charge is 0.317 e. The Kier molecular flexibility index (Phi) is 17.6. The van der Waals surface area contributed by atoms with E-state index >= 15 is 0 Å². The van der Waals surface area contributed by atoms with Crippen LogP contribution in [0, 0.1) is 0 Å². The molecule has 148 valence electrons. The molecule has 0 rings (SSSR count). The van der Waals surface area contributed by atoms with Crippen LogP contribution in [0.5, 0.6) is 0 Å². The van der Waals surface area contributed by atoms with Crippen molar-refractivity contribution >= 4 is 11.5 Å². The Bertz CT molecular complexity index is 339. The Morgan fingerprint density at radius 1 is 0.760 bits per heavy atom. The number of nitrogens with zero attached hydrogens (tertiary/aromatic N) is 1. The van der Waals surface area contributed by atoms with E-state index in [9.17, 15) is 4.79 Å². The highest BCUT2D eigenvalue weighted by molar-refractivity contribution is 6.07. The van der Waals surface area contributed by atoms with Gasteiger partial charge in [0.2, 0.25) is 0 Å². The smallest absolute Gasteiger partial charge is 0.152 e. The van der Waals surface area contributed by atoms with E-state index in [0.29, 0.717) is 0 Å². The number of rotatable bonds is 18. The van der Waals surface area contributed by atoms with E-state index in [0.717, 1.165) is 18.6 Å². The zero-order valence-corrected chi connectivity index (χ0v) is 17.3. The van der Waals surface area contributed by atoms with E-state index in [1.54, 1.807) is 14.0 Å². The fraction of sp³-hybridized carbons (Fsp3) is 0.909. The minimum absolute atomic E-state index is 0.0153. The van der Waals surface area contributed by atoms with E-state index in [1.165, 1.54) is 89.9 Å². The Morgan fingerprint density at radius 3 is 1.44 bits per heavy atom. The van der Waals surface area contributed by atoms with Crippen LogP contribution in [0.2, 0.25) is 0 Å². The first-order chi connectivity index (χ1) is 12.1. The minimum atomic E-state index is -0.489. The zero-order chi connectivity index (χ0) is 18.8. The number of aliphatic imine (C=N–C) groups is 1. The van der Waals surface area contributed by atoms with Crippen molar-refractivity contribution in [3.8, 4) is 0 Å². The van der Waals surface area contributed by atoms with Crippen LogP contribution in [0.3, 0.4) is 0 Å². The summed E-state index contributed by atoms with van der Waals surface area (Å²) in [6.07, 6.45) is 21.4. The van der Waals surface area contributed by atoms with Crippen molar-refractivity contribution in [1.82, 2.24) is 0 Å². The molecule has 0 aliphatic heterocycles. The fourth-order valence-electron chi connectivity index (χ4n) is 3.32. The molecule has 0 aliphatic rings. The van der Waals surface area contributed by atoms with Crippen molar-refractivity contribution in [2.24, 2.45) is 10.7 Å². The maximum absolute atomic E-state index is 11.3. The summed E-state index contributed by atoms with van der Waals surface area (Å²) in [5.41, 5.74) is 6.71. The van der Waals surface area contributed by atoms with Gasteiger partial charge < -0.3 is 5.73 Å². The highest BCUT2D eigenvalue weighted by Crippen LogP contribution is 2.14. The van der Waals surface area contributed by atoms with Gasteiger partial charge in [0.05, 0.1) is 0 Å². The summed E-state index contributed by atoms with van der Waals surface area (Å²) in [4.78, 5) is 15.5. The quantitative estimate of drug-likeness (QED) is 0.235. The number of ketones is 1. The van der Waals surface area contributed by atoms with Crippen molar-refractivity contribution < 1.29 is 4.79 Å². The maximum Gasteiger partial charge on any atom is 0.152 e. The number of hydrogen-bond acceptors (Lipinski definition) is 3. The molecule has 1 unspecified atom stereocenters. The normalized spacial score (nSPS) is 13.2. The molecule has 0 saturated heterocycles. The summed E-state index contributed by atoms with van der Waals surface area (Å²) in [6.45, 7) is 3.82. The molecule has 25 heavy (non-hydrogen) atoms. The van der Waals surface area contributed by atoms with Gasteiger partial charge in [0.25, 0.3) is 0 Å². The van der Waals surface area contributed by atoms with Crippen molar-refractivity contribution in [2.45, 2.75) is 123 Å². The molecule has 1 atom stereocenters. The maximum atomic E-state index is 11.3. The molecule has 0 heterocycles.